The van der Waals surface area contributed by atoms with Gasteiger partial charge in [0.05, 0.1) is 6.10 Å². The first-order chi connectivity index (χ1) is 6.77. The first-order valence-corrected chi connectivity index (χ1v) is 5.51. The molecule has 4 nitrogen and oxygen atoms in total. The van der Waals surface area contributed by atoms with E-state index in [1.54, 1.807) is 0 Å². The van der Waals surface area contributed by atoms with Gasteiger partial charge >= 0.3 is 0 Å². The van der Waals surface area contributed by atoms with Gasteiger partial charge in [-0.15, -0.1) is 0 Å². The summed E-state index contributed by atoms with van der Waals surface area (Å²) in [6.07, 6.45) is 1.37. The van der Waals surface area contributed by atoms with Gasteiger partial charge < -0.3 is 15.5 Å². The topological polar surface area (TPSA) is 55.7 Å². The molecule has 2 unspecified atom stereocenters. The number of aliphatic hydroxyl groups excluding tert-OH is 2. The molecular weight excluding hydrogens is 180 g/mol. The molecule has 0 aliphatic carbocycles. The number of hydrogen-bond donors (Lipinski definition) is 3. The van der Waals surface area contributed by atoms with Crippen molar-refractivity contribution in [3.8, 4) is 0 Å². The minimum atomic E-state index is -0.228. The van der Waals surface area contributed by atoms with Crippen LogP contribution in [-0.4, -0.2) is 60.0 Å². The van der Waals surface area contributed by atoms with Crippen molar-refractivity contribution in [2.24, 2.45) is 0 Å². The van der Waals surface area contributed by atoms with Gasteiger partial charge in [-0.05, 0) is 12.8 Å². The zero-order valence-corrected chi connectivity index (χ0v) is 8.95. The maximum Gasteiger partial charge on any atom is 0.0664 e. The van der Waals surface area contributed by atoms with E-state index < -0.39 is 0 Å². The normalized spacial score (nSPS) is 26.4. The lowest BCUT2D eigenvalue weighted by atomic mass is 10.1. The Morgan fingerprint density at radius 2 is 2.36 bits per heavy atom. The summed E-state index contributed by atoms with van der Waals surface area (Å²) in [5, 5.41) is 21.8. The van der Waals surface area contributed by atoms with Crippen LogP contribution >= 0.6 is 0 Å². The summed E-state index contributed by atoms with van der Waals surface area (Å²) in [5.74, 6) is 0. The number of nitrogens with zero attached hydrogens (tertiary/aromatic N) is 1. The average Bonchev–Trinajstić information content (AvgIpc) is 2.21. The third kappa shape index (κ3) is 3.53. The Labute approximate surface area is 85.9 Å². The van der Waals surface area contributed by atoms with E-state index in [2.05, 4.69) is 10.2 Å². The number of nitrogens with one attached hydrogen (secondary N) is 1. The van der Waals surface area contributed by atoms with E-state index in [9.17, 15) is 5.11 Å². The predicted molar refractivity (Wildman–Crippen MR) is 56.2 cm³/mol. The van der Waals surface area contributed by atoms with Gasteiger partial charge in [0.1, 0.15) is 0 Å². The van der Waals surface area contributed by atoms with Crippen molar-refractivity contribution < 1.29 is 10.2 Å². The van der Waals surface area contributed by atoms with Gasteiger partial charge in [-0.25, -0.2) is 0 Å². The zero-order valence-electron chi connectivity index (χ0n) is 8.95. The molecule has 0 aromatic rings. The molecule has 0 spiro atoms. The van der Waals surface area contributed by atoms with E-state index in [1.165, 1.54) is 0 Å². The first kappa shape index (κ1) is 11.9. The molecule has 2 atom stereocenters. The number of hydrogen-bond acceptors (Lipinski definition) is 4. The summed E-state index contributed by atoms with van der Waals surface area (Å²) in [5.41, 5.74) is 0. The highest BCUT2D eigenvalue weighted by molar-refractivity contribution is 4.80. The molecule has 0 aromatic heterocycles. The highest BCUT2D eigenvalue weighted by Gasteiger charge is 2.22. The number of β-amino-alcohol motifs (C(OH)–C–C–N with tert-alkyl or cyclic N) is 1. The van der Waals surface area contributed by atoms with Crippen LogP contribution < -0.4 is 5.32 Å². The Morgan fingerprint density at radius 1 is 1.57 bits per heavy atom. The average molecular weight is 202 g/mol. The van der Waals surface area contributed by atoms with Crippen molar-refractivity contribution in [1.29, 1.82) is 0 Å². The van der Waals surface area contributed by atoms with Crippen LogP contribution in [0.4, 0.5) is 0 Å². The molecule has 0 bridgehead atoms. The van der Waals surface area contributed by atoms with Crippen LogP contribution in [0.2, 0.25) is 0 Å². The van der Waals surface area contributed by atoms with Crippen LogP contribution in [0, 0.1) is 0 Å². The zero-order chi connectivity index (χ0) is 10.4. The molecule has 1 aliphatic heterocycles. The third-order valence-corrected chi connectivity index (χ3v) is 2.85. The van der Waals surface area contributed by atoms with Gasteiger partial charge in [-0.1, -0.05) is 6.92 Å². The molecule has 1 heterocycles. The van der Waals surface area contributed by atoms with E-state index >= 15 is 0 Å². The van der Waals surface area contributed by atoms with E-state index in [-0.39, 0.29) is 12.7 Å². The quantitative estimate of drug-likeness (QED) is 0.558. The Kier molecular flexibility index (Phi) is 5.40. The summed E-state index contributed by atoms with van der Waals surface area (Å²) < 4.78 is 0. The Balaban J connectivity index is 2.37. The Morgan fingerprint density at radius 3 is 3.00 bits per heavy atom. The van der Waals surface area contributed by atoms with E-state index in [0.29, 0.717) is 6.04 Å². The van der Waals surface area contributed by atoms with Crippen molar-refractivity contribution in [1.82, 2.24) is 10.2 Å². The molecule has 4 heteroatoms. The molecule has 0 aromatic carbocycles. The van der Waals surface area contributed by atoms with E-state index in [4.69, 9.17) is 5.11 Å². The highest BCUT2D eigenvalue weighted by atomic mass is 16.3. The Bertz CT molecular complexity index is 153. The molecule has 1 fully saturated rings. The van der Waals surface area contributed by atoms with Gasteiger partial charge in [0.25, 0.3) is 0 Å². The largest absolute Gasteiger partial charge is 0.396 e. The third-order valence-electron chi connectivity index (χ3n) is 2.85. The van der Waals surface area contributed by atoms with Gasteiger partial charge in [0.2, 0.25) is 0 Å². The molecular formula is C10H22N2O2. The highest BCUT2D eigenvalue weighted by Crippen LogP contribution is 2.08. The van der Waals surface area contributed by atoms with Gasteiger partial charge in [0, 0.05) is 38.8 Å². The van der Waals surface area contributed by atoms with Crippen LogP contribution in [-0.2, 0) is 0 Å². The minimum Gasteiger partial charge on any atom is -0.396 e. The maximum absolute atomic E-state index is 9.57. The van der Waals surface area contributed by atoms with Gasteiger partial charge in [-0.3, -0.25) is 4.90 Å². The molecule has 0 saturated carbocycles. The van der Waals surface area contributed by atoms with Crippen LogP contribution in [0.1, 0.15) is 19.8 Å². The molecule has 0 amide bonds. The Hall–Kier alpha value is -0.160. The van der Waals surface area contributed by atoms with Crippen molar-refractivity contribution in [2.75, 3.05) is 32.8 Å². The standard InChI is InChI=1S/C10H22N2O2/c1-2-10(14)8-12-5-4-11-7-9(12)3-6-13/h9-11,13-14H,2-8H2,1H3. The lowest BCUT2D eigenvalue weighted by Gasteiger charge is -2.37. The SMILES string of the molecule is CCC(O)CN1CCNCC1CCO. The van der Waals surface area contributed by atoms with Crippen molar-refractivity contribution >= 4 is 0 Å². The number of aliphatic hydroxyl groups is 2. The number of piperazine rings is 1. The van der Waals surface area contributed by atoms with Gasteiger partial charge in [-0.2, -0.15) is 0 Å². The molecule has 0 radical (unpaired) electrons. The molecule has 14 heavy (non-hydrogen) atoms. The van der Waals surface area contributed by atoms with Crippen LogP contribution in [0.5, 0.6) is 0 Å². The fourth-order valence-corrected chi connectivity index (χ4v) is 1.88. The minimum absolute atomic E-state index is 0.227. The second-order valence-corrected chi connectivity index (χ2v) is 3.93. The van der Waals surface area contributed by atoms with Crippen molar-refractivity contribution in [2.45, 2.75) is 31.9 Å². The predicted octanol–water partition coefficient (Wildman–Crippen LogP) is -0.586. The maximum atomic E-state index is 9.57. The summed E-state index contributed by atoms with van der Waals surface area (Å²) in [6, 6.07) is 0.384. The lowest BCUT2D eigenvalue weighted by Crippen LogP contribution is -2.53. The second kappa shape index (κ2) is 6.35. The number of rotatable bonds is 5. The molecule has 84 valence electrons. The van der Waals surface area contributed by atoms with E-state index in [1.807, 2.05) is 6.92 Å². The van der Waals surface area contributed by atoms with Gasteiger partial charge in [0.15, 0.2) is 0 Å². The molecule has 1 saturated heterocycles. The molecule has 3 N–H and O–H groups in total. The summed E-state index contributed by atoms with van der Waals surface area (Å²) in [7, 11) is 0. The summed E-state index contributed by atoms with van der Waals surface area (Å²) in [6.45, 7) is 5.85. The second-order valence-electron chi connectivity index (χ2n) is 3.93. The van der Waals surface area contributed by atoms with Crippen LogP contribution in [0.15, 0.2) is 0 Å². The molecule has 1 aliphatic rings. The van der Waals surface area contributed by atoms with Crippen molar-refractivity contribution in [3.63, 3.8) is 0 Å². The lowest BCUT2D eigenvalue weighted by molar-refractivity contribution is 0.0618. The van der Waals surface area contributed by atoms with E-state index in [0.717, 1.165) is 39.0 Å². The monoisotopic (exact) mass is 202 g/mol. The first-order valence-electron chi connectivity index (χ1n) is 5.51. The van der Waals surface area contributed by atoms with Crippen LogP contribution in [0.25, 0.3) is 0 Å². The summed E-state index contributed by atoms with van der Waals surface area (Å²) >= 11 is 0. The fourth-order valence-electron chi connectivity index (χ4n) is 1.88. The smallest absolute Gasteiger partial charge is 0.0664 e. The molecule has 1 rings (SSSR count). The van der Waals surface area contributed by atoms with Crippen molar-refractivity contribution in [3.05, 3.63) is 0 Å². The fraction of sp³-hybridized carbons (Fsp3) is 1.00. The van der Waals surface area contributed by atoms with Crippen LogP contribution in [0.3, 0.4) is 0 Å². The summed E-state index contributed by atoms with van der Waals surface area (Å²) in [4.78, 5) is 2.28.